The molecule has 15 heavy (non-hydrogen) atoms. The molecule has 1 N–H and O–H groups in total. The third kappa shape index (κ3) is 5.28. The highest BCUT2D eigenvalue weighted by atomic mass is 32.1. The Morgan fingerprint density at radius 2 is 2.20 bits per heavy atom. The fourth-order valence-corrected chi connectivity index (χ4v) is 2.29. The van der Waals surface area contributed by atoms with Crippen molar-refractivity contribution in [3.63, 3.8) is 0 Å². The summed E-state index contributed by atoms with van der Waals surface area (Å²) in [5.74, 6) is 0. The molecule has 0 aromatic carbocycles. The molecule has 3 heteroatoms. The van der Waals surface area contributed by atoms with E-state index in [1.54, 1.807) is 11.3 Å². The Labute approximate surface area is 97.1 Å². The molecule has 0 fully saturated rings. The summed E-state index contributed by atoms with van der Waals surface area (Å²) in [5, 5.41) is 6.85. The van der Waals surface area contributed by atoms with Crippen molar-refractivity contribution in [2.24, 2.45) is 0 Å². The number of nitrogens with zero attached hydrogens (tertiary/aromatic N) is 1. The minimum Gasteiger partial charge on any atom is -0.308 e. The van der Waals surface area contributed by atoms with Crippen LogP contribution < -0.4 is 5.32 Å². The van der Waals surface area contributed by atoms with E-state index >= 15 is 0 Å². The quantitative estimate of drug-likeness (QED) is 0.732. The maximum atomic E-state index is 4.28. The van der Waals surface area contributed by atoms with E-state index in [2.05, 4.69) is 24.1 Å². The summed E-state index contributed by atoms with van der Waals surface area (Å²) in [4.78, 5) is 4.28. The first kappa shape index (κ1) is 12.7. The van der Waals surface area contributed by atoms with Gasteiger partial charge in [-0.2, -0.15) is 0 Å². The molecule has 1 unspecified atom stereocenters. The molecule has 1 atom stereocenters. The van der Waals surface area contributed by atoms with Gasteiger partial charge in [0.15, 0.2) is 0 Å². The molecule has 0 aliphatic carbocycles. The van der Waals surface area contributed by atoms with E-state index in [9.17, 15) is 0 Å². The molecular weight excluding hydrogens is 204 g/mol. The number of thiazole rings is 1. The van der Waals surface area contributed by atoms with Crippen LogP contribution in [0.5, 0.6) is 0 Å². The zero-order valence-corrected chi connectivity index (χ0v) is 10.6. The number of hydrogen-bond acceptors (Lipinski definition) is 3. The molecule has 86 valence electrons. The Kier molecular flexibility index (Phi) is 6.60. The second-order valence-corrected chi connectivity index (χ2v) is 4.91. The van der Waals surface area contributed by atoms with E-state index in [1.165, 1.54) is 37.1 Å². The maximum Gasteiger partial charge on any atom is 0.106 e. The highest BCUT2D eigenvalue weighted by Crippen LogP contribution is 2.09. The van der Waals surface area contributed by atoms with E-state index in [-0.39, 0.29) is 0 Å². The van der Waals surface area contributed by atoms with Crippen LogP contribution in [0.3, 0.4) is 0 Å². The van der Waals surface area contributed by atoms with Crippen molar-refractivity contribution in [3.8, 4) is 0 Å². The largest absolute Gasteiger partial charge is 0.308 e. The number of nitrogens with one attached hydrogen (secondary N) is 1. The molecule has 0 spiro atoms. The molecule has 1 heterocycles. The van der Waals surface area contributed by atoms with Crippen molar-refractivity contribution in [1.82, 2.24) is 10.3 Å². The van der Waals surface area contributed by atoms with Crippen LogP contribution in [0, 0.1) is 0 Å². The normalized spacial score (nSPS) is 12.9. The summed E-state index contributed by atoms with van der Waals surface area (Å²) in [6, 6.07) is 0.679. The van der Waals surface area contributed by atoms with E-state index < -0.39 is 0 Å². The molecule has 0 aliphatic heterocycles. The minimum absolute atomic E-state index is 0.679. The highest BCUT2D eigenvalue weighted by molar-refractivity contribution is 7.09. The van der Waals surface area contributed by atoms with Crippen LogP contribution >= 0.6 is 11.3 Å². The SMILES string of the molecule is CCCCC(CCC)NCc1nccs1. The van der Waals surface area contributed by atoms with Gasteiger partial charge < -0.3 is 5.32 Å². The predicted octanol–water partition coefficient (Wildman–Crippen LogP) is 3.59. The lowest BCUT2D eigenvalue weighted by atomic mass is 10.1. The van der Waals surface area contributed by atoms with Crippen molar-refractivity contribution in [2.75, 3.05) is 0 Å². The molecule has 1 aromatic heterocycles. The second-order valence-electron chi connectivity index (χ2n) is 3.93. The molecule has 1 rings (SSSR count). The van der Waals surface area contributed by atoms with Gasteiger partial charge in [-0.25, -0.2) is 4.98 Å². The van der Waals surface area contributed by atoms with Crippen LogP contribution in [0.2, 0.25) is 0 Å². The molecule has 0 bridgehead atoms. The van der Waals surface area contributed by atoms with Gasteiger partial charge in [-0.3, -0.25) is 0 Å². The summed E-state index contributed by atoms with van der Waals surface area (Å²) in [6.07, 6.45) is 8.34. The van der Waals surface area contributed by atoms with E-state index in [0.29, 0.717) is 6.04 Å². The molecule has 0 radical (unpaired) electrons. The summed E-state index contributed by atoms with van der Waals surface area (Å²) < 4.78 is 0. The zero-order chi connectivity index (χ0) is 10.9. The van der Waals surface area contributed by atoms with E-state index in [0.717, 1.165) is 6.54 Å². The summed E-state index contributed by atoms with van der Waals surface area (Å²) in [6.45, 7) is 5.44. The summed E-state index contributed by atoms with van der Waals surface area (Å²) in [7, 11) is 0. The average Bonchev–Trinajstić information content (AvgIpc) is 2.75. The highest BCUT2D eigenvalue weighted by Gasteiger charge is 2.06. The molecule has 0 aliphatic rings. The first-order valence-corrected chi connectivity index (χ1v) is 6.86. The van der Waals surface area contributed by atoms with Crippen molar-refractivity contribution >= 4 is 11.3 Å². The van der Waals surface area contributed by atoms with Gasteiger partial charge in [0.1, 0.15) is 5.01 Å². The van der Waals surface area contributed by atoms with Crippen molar-refractivity contribution in [2.45, 2.75) is 58.5 Å². The van der Waals surface area contributed by atoms with Crippen LogP contribution in [0.1, 0.15) is 51.0 Å². The number of aromatic nitrogens is 1. The van der Waals surface area contributed by atoms with Gasteiger partial charge in [-0.15, -0.1) is 11.3 Å². The third-order valence-electron chi connectivity index (χ3n) is 2.57. The van der Waals surface area contributed by atoms with Gasteiger partial charge in [-0.1, -0.05) is 33.1 Å². The molecule has 0 saturated heterocycles. The lowest BCUT2D eigenvalue weighted by Gasteiger charge is -2.16. The van der Waals surface area contributed by atoms with Crippen LogP contribution in [-0.2, 0) is 6.54 Å². The van der Waals surface area contributed by atoms with Crippen LogP contribution in [0.4, 0.5) is 0 Å². The summed E-state index contributed by atoms with van der Waals surface area (Å²) in [5.41, 5.74) is 0. The zero-order valence-electron chi connectivity index (χ0n) is 9.83. The summed E-state index contributed by atoms with van der Waals surface area (Å²) >= 11 is 1.73. The first-order valence-electron chi connectivity index (χ1n) is 5.98. The van der Waals surface area contributed by atoms with Crippen molar-refractivity contribution < 1.29 is 0 Å². The molecular formula is C12H22N2S. The predicted molar refractivity (Wildman–Crippen MR) is 67.2 cm³/mol. The molecule has 0 saturated carbocycles. The van der Waals surface area contributed by atoms with Crippen molar-refractivity contribution in [1.29, 1.82) is 0 Å². The fourth-order valence-electron chi connectivity index (χ4n) is 1.72. The molecule has 2 nitrogen and oxygen atoms in total. The Morgan fingerprint density at radius 1 is 1.33 bits per heavy atom. The van der Waals surface area contributed by atoms with Gasteiger partial charge in [0.05, 0.1) is 0 Å². The number of rotatable bonds is 8. The maximum absolute atomic E-state index is 4.28. The standard InChI is InChI=1S/C12H22N2S/c1-3-5-7-11(6-4-2)14-10-12-13-8-9-15-12/h8-9,11,14H,3-7,10H2,1-2H3. The number of unbranched alkanes of at least 4 members (excludes halogenated alkanes) is 1. The second kappa shape index (κ2) is 7.83. The van der Waals surface area contributed by atoms with Crippen molar-refractivity contribution in [3.05, 3.63) is 16.6 Å². The van der Waals surface area contributed by atoms with Gasteiger partial charge in [-0.05, 0) is 12.8 Å². The fraction of sp³-hybridized carbons (Fsp3) is 0.750. The monoisotopic (exact) mass is 226 g/mol. The van der Waals surface area contributed by atoms with Gasteiger partial charge in [0.2, 0.25) is 0 Å². The molecule has 1 aromatic rings. The van der Waals surface area contributed by atoms with E-state index in [1.807, 2.05) is 11.6 Å². The lowest BCUT2D eigenvalue weighted by Crippen LogP contribution is -2.28. The first-order chi connectivity index (χ1) is 7.36. The Morgan fingerprint density at radius 3 is 2.80 bits per heavy atom. The lowest BCUT2D eigenvalue weighted by molar-refractivity contribution is 0.433. The van der Waals surface area contributed by atoms with Gasteiger partial charge in [0.25, 0.3) is 0 Å². The minimum atomic E-state index is 0.679. The van der Waals surface area contributed by atoms with E-state index in [4.69, 9.17) is 0 Å². The van der Waals surface area contributed by atoms with Gasteiger partial charge in [0, 0.05) is 24.2 Å². The van der Waals surface area contributed by atoms with Crippen LogP contribution in [0.25, 0.3) is 0 Å². The Bertz CT molecular complexity index is 234. The average molecular weight is 226 g/mol. The van der Waals surface area contributed by atoms with Crippen LogP contribution in [-0.4, -0.2) is 11.0 Å². The molecule has 0 amide bonds. The topological polar surface area (TPSA) is 24.9 Å². The third-order valence-corrected chi connectivity index (χ3v) is 3.35. The smallest absolute Gasteiger partial charge is 0.106 e. The Hall–Kier alpha value is -0.410. The number of hydrogen-bond donors (Lipinski definition) is 1. The van der Waals surface area contributed by atoms with Crippen LogP contribution in [0.15, 0.2) is 11.6 Å². The Balaban J connectivity index is 2.24. The van der Waals surface area contributed by atoms with Gasteiger partial charge >= 0.3 is 0 Å².